The fraction of sp³-hybridized carbons (Fsp3) is 0.182. The van der Waals surface area contributed by atoms with Gasteiger partial charge in [-0.3, -0.25) is 0 Å². The predicted octanol–water partition coefficient (Wildman–Crippen LogP) is 3.65. The molecule has 0 radical (unpaired) electrons. The van der Waals surface area contributed by atoms with Crippen LogP contribution < -0.4 is 0 Å². The quantitative estimate of drug-likeness (QED) is 0.500. The number of thiol groups is 1. The average molecular weight is 238 g/mol. The summed E-state index contributed by atoms with van der Waals surface area (Å²) in [6.07, 6.45) is 3.88. The van der Waals surface area contributed by atoms with Crippen LogP contribution in [-0.2, 0) is 0 Å². The molecule has 15 heavy (non-hydrogen) atoms. The molecule has 2 aromatic heterocycles. The highest BCUT2D eigenvalue weighted by Gasteiger charge is 2.14. The van der Waals surface area contributed by atoms with Gasteiger partial charge in [0.2, 0.25) is 0 Å². The molecule has 78 valence electrons. The number of furan rings is 2. The number of hydrogen-bond acceptors (Lipinski definition) is 4. The second kappa shape index (κ2) is 4.68. The molecule has 0 N–H and O–H groups in total. The van der Waals surface area contributed by atoms with E-state index in [9.17, 15) is 0 Å². The smallest absolute Gasteiger partial charge is 0.140 e. The molecule has 0 aliphatic heterocycles. The van der Waals surface area contributed by atoms with Gasteiger partial charge in [-0.05, 0) is 24.3 Å². The maximum atomic E-state index is 5.25. The summed E-state index contributed by atoms with van der Waals surface area (Å²) in [5.41, 5.74) is 0. The summed E-state index contributed by atoms with van der Waals surface area (Å²) in [5, 5.41) is -0.0161. The number of hydrogen-bond donors (Lipinski definition) is 1. The molecule has 0 bridgehead atoms. The molecule has 0 saturated heterocycles. The number of rotatable bonds is 4. The first kappa shape index (κ1) is 10.5. The van der Waals surface area contributed by atoms with E-state index in [2.05, 4.69) is 12.6 Å². The molecule has 0 aromatic carbocycles. The highest BCUT2D eigenvalue weighted by Crippen LogP contribution is 2.26. The summed E-state index contributed by atoms with van der Waals surface area (Å²) in [7, 11) is 0. The van der Waals surface area contributed by atoms with Gasteiger partial charge in [-0.2, -0.15) is 12.6 Å². The Morgan fingerprint density at radius 1 is 1.27 bits per heavy atom. The second-order valence-corrected chi connectivity index (χ2v) is 4.25. The van der Waals surface area contributed by atoms with E-state index in [1.807, 2.05) is 24.3 Å². The Bertz CT molecular complexity index is 417. The fourth-order valence-electron chi connectivity index (χ4n) is 1.29. The van der Waals surface area contributed by atoms with Gasteiger partial charge < -0.3 is 8.83 Å². The molecule has 0 fully saturated rings. The van der Waals surface area contributed by atoms with E-state index >= 15 is 0 Å². The minimum atomic E-state index is -0.0161. The Hall–Kier alpha value is -1.00. The average Bonchev–Trinajstić information content (AvgIpc) is 2.91. The highest BCUT2D eigenvalue weighted by atomic mass is 32.1. The van der Waals surface area contributed by atoms with Crippen LogP contribution in [0.3, 0.4) is 0 Å². The molecule has 0 saturated carbocycles. The molecule has 4 heteroatoms. The largest absolute Gasteiger partial charge is 0.468 e. The maximum absolute atomic E-state index is 5.25. The Morgan fingerprint density at radius 2 is 2.00 bits per heavy atom. The van der Waals surface area contributed by atoms with Gasteiger partial charge >= 0.3 is 0 Å². The van der Waals surface area contributed by atoms with Gasteiger partial charge in [-0.15, -0.1) is 0 Å². The van der Waals surface area contributed by atoms with Crippen LogP contribution in [0.5, 0.6) is 0 Å². The molecule has 0 amide bonds. The molecule has 1 atom stereocenters. The standard InChI is InChI=1S/C11H10O2S2/c14-10(8-3-1-5-12-8)7-11(15)9-4-2-6-13-9/h1-6,10,14H,7H2. The van der Waals surface area contributed by atoms with Crippen LogP contribution in [-0.4, -0.2) is 4.86 Å². The van der Waals surface area contributed by atoms with Gasteiger partial charge in [0.1, 0.15) is 11.5 Å². The second-order valence-electron chi connectivity index (χ2n) is 3.14. The van der Waals surface area contributed by atoms with Gasteiger partial charge in [0.05, 0.1) is 22.6 Å². The summed E-state index contributed by atoms with van der Waals surface area (Å²) >= 11 is 9.67. The normalized spacial score (nSPS) is 12.6. The fourth-order valence-corrected chi connectivity index (χ4v) is 2.03. The monoisotopic (exact) mass is 238 g/mol. The summed E-state index contributed by atoms with van der Waals surface area (Å²) in [5.74, 6) is 1.56. The van der Waals surface area contributed by atoms with Crippen molar-refractivity contribution < 1.29 is 8.83 Å². The summed E-state index contributed by atoms with van der Waals surface area (Å²) in [6.45, 7) is 0. The third-order valence-electron chi connectivity index (χ3n) is 2.05. The zero-order valence-corrected chi connectivity index (χ0v) is 9.63. The van der Waals surface area contributed by atoms with E-state index < -0.39 is 0 Å². The molecule has 2 aromatic rings. The Balaban J connectivity index is 2.01. The SMILES string of the molecule is S=C(CC(S)c1ccco1)c1ccco1. The van der Waals surface area contributed by atoms with Crippen molar-refractivity contribution in [3.63, 3.8) is 0 Å². The Labute approximate surface area is 98.7 Å². The van der Waals surface area contributed by atoms with Crippen LogP contribution in [0, 0.1) is 0 Å². The van der Waals surface area contributed by atoms with Gasteiger partial charge in [0, 0.05) is 6.42 Å². The molecular formula is C11H10O2S2. The lowest BCUT2D eigenvalue weighted by Gasteiger charge is -2.06. The minimum absolute atomic E-state index is 0.0161. The summed E-state index contributed by atoms with van der Waals surface area (Å²) in [4.78, 5) is 0.761. The Kier molecular flexibility index (Phi) is 3.28. The molecule has 2 heterocycles. The van der Waals surface area contributed by atoms with E-state index in [0.717, 1.165) is 16.4 Å². The van der Waals surface area contributed by atoms with Crippen molar-refractivity contribution >= 4 is 29.7 Å². The van der Waals surface area contributed by atoms with Crippen molar-refractivity contribution in [1.29, 1.82) is 0 Å². The maximum Gasteiger partial charge on any atom is 0.140 e. The Morgan fingerprint density at radius 3 is 2.60 bits per heavy atom. The van der Waals surface area contributed by atoms with Crippen molar-refractivity contribution in [3.05, 3.63) is 48.3 Å². The van der Waals surface area contributed by atoms with E-state index in [0.29, 0.717) is 6.42 Å². The van der Waals surface area contributed by atoms with Gasteiger partial charge in [-0.1, -0.05) is 12.2 Å². The van der Waals surface area contributed by atoms with E-state index in [1.165, 1.54) is 0 Å². The zero-order chi connectivity index (χ0) is 10.7. The minimum Gasteiger partial charge on any atom is -0.468 e. The van der Waals surface area contributed by atoms with Crippen molar-refractivity contribution in [2.75, 3.05) is 0 Å². The van der Waals surface area contributed by atoms with E-state index in [-0.39, 0.29) is 5.25 Å². The van der Waals surface area contributed by atoms with Gasteiger partial charge in [-0.25, -0.2) is 0 Å². The third-order valence-corrected chi connectivity index (χ3v) is 2.85. The highest BCUT2D eigenvalue weighted by molar-refractivity contribution is 7.82. The molecule has 0 aliphatic rings. The third kappa shape index (κ3) is 2.52. The lowest BCUT2D eigenvalue weighted by atomic mass is 10.1. The molecule has 2 rings (SSSR count). The van der Waals surface area contributed by atoms with Crippen LogP contribution in [0.2, 0.25) is 0 Å². The predicted molar refractivity (Wildman–Crippen MR) is 65.5 cm³/mol. The molecule has 0 aliphatic carbocycles. The van der Waals surface area contributed by atoms with E-state index in [4.69, 9.17) is 21.1 Å². The molecular weight excluding hydrogens is 228 g/mol. The van der Waals surface area contributed by atoms with Gasteiger partial charge in [0.25, 0.3) is 0 Å². The lowest BCUT2D eigenvalue weighted by molar-refractivity contribution is 0.508. The van der Waals surface area contributed by atoms with Crippen LogP contribution in [0.4, 0.5) is 0 Å². The van der Waals surface area contributed by atoms with Crippen LogP contribution in [0.25, 0.3) is 0 Å². The lowest BCUT2D eigenvalue weighted by Crippen LogP contribution is -2.00. The van der Waals surface area contributed by atoms with E-state index in [1.54, 1.807) is 12.5 Å². The van der Waals surface area contributed by atoms with Crippen LogP contribution in [0.15, 0.2) is 45.6 Å². The molecule has 1 unspecified atom stereocenters. The summed E-state index contributed by atoms with van der Waals surface area (Å²) in [6, 6.07) is 7.41. The van der Waals surface area contributed by atoms with Crippen molar-refractivity contribution in [1.82, 2.24) is 0 Å². The van der Waals surface area contributed by atoms with Crippen molar-refractivity contribution in [2.45, 2.75) is 11.7 Å². The number of thiocarbonyl (C=S) groups is 1. The van der Waals surface area contributed by atoms with Crippen LogP contribution >= 0.6 is 24.8 Å². The first-order valence-electron chi connectivity index (χ1n) is 4.55. The first-order chi connectivity index (χ1) is 7.27. The van der Waals surface area contributed by atoms with Crippen LogP contribution in [0.1, 0.15) is 23.2 Å². The summed E-state index contributed by atoms with van der Waals surface area (Å²) < 4.78 is 10.5. The van der Waals surface area contributed by atoms with Crippen molar-refractivity contribution in [3.8, 4) is 0 Å². The first-order valence-corrected chi connectivity index (χ1v) is 5.48. The molecule has 0 spiro atoms. The topological polar surface area (TPSA) is 26.3 Å². The zero-order valence-electron chi connectivity index (χ0n) is 7.92. The molecule has 2 nitrogen and oxygen atoms in total. The van der Waals surface area contributed by atoms with Gasteiger partial charge in [0.15, 0.2) is 0 Å². The van der Waals surface area contributed by atoms with Crippen molar-refractivity contribution in [2.24, 2.45) is 0 Å².